The maximum Gasteiger partial charge on any atom is 0.205 e. The summed E-state index contributed by atoms with van der Waals surface area (Å²) in [6, 6.07) is 0. The van der Waals surface area contributed by atoms with Crippen molar-refractivity contribution in [3.05, 3.63) is 12.2 Å². The Hall–Kier alpha value is -0.590. The molecule has 1 radical (unpaired) electrons. The maximum atomic E-state index is 9.72. The van der Waals surface area contributed by atoms with E-state index in [1.165, 1.54) is 0 Å². The van der Waals surface area contributed by atoms with Crippen LogP contribution in [-0.2, 0) is 4.79 Å². The molecule has 0 aromatic heterocycles. The van der Waals surface area contributed by atoms with Crippen molar-refractivity contribution in [1.82, 2.24) is 0 Å². The highest BCUT2D eigenvalue weighted by Crippen LogP contribution is 1.88. The zero-order chi connectivity index (χ0) is 5.70. The molecule has 1 nitrogen and oxygen atoms in total. The molecule has 0 spiro atoms. The Morgan fingerprint density at radius 3 is 2.43 bits per heavy atom. The van der Waals surface area contributed by atoms with Crippen molar-refractivity contribution >= 4 is 6.29 Å². The van der Waals surface area contributed by atoms with Crippen LogP contribution in [0.15, 0.2) is 12.2 Å². The van der Waals surface area contributed by atoms with E-state index in [-0.39, 0.29) is 5.92 Å². The van der Waals surface area contributed by atoms with E-state index in [0.717, 1.165) is 0 Å². The van der Waals surface area contributed by atoms with Crippen LogP contribution in [0, 0.1) is 5.92 Å². The Morgan fingerprint density at radius 1 is 1.71 bits per heavy atom. The quantitative estimate of drug-likeness (QED) is 0.475. The van der Waals surface area contributed by atoms with Gasteiger partial charge in [0, 0.05) is 5.92 Å². The van der Waals surface area contributed by atoms with Gasteiger partial charge in [-0.25, -0.2) is 0 Å². The SMILES string of the molecule is CC=CC(C)[C]=O. The minimum atomic E-state index is -0.0370. The van der Waals surface area contributed by atoms with Crippen LogP contribution in [0.2, 0.25) is 0 Å². The lowest BCUT2D eigenvalue weighted by Gasteiger charge is -1.84. The van der Waals surface area contributed by atoms with Crippen LogP contribution in [0.25, 0.3) is 0 Å². The van der Waals surface area contributed by atoms with Crippen LogP contribution in [0.4, 0.5) is 0 Å². The molecule has 0 amide bonds. The molecule has 1 unspecified atom stereocenters. The first kappa shape index (κ1) is 6.41. The third kappa shape index (κ3) is 3.23. The standard InChI is InChI=1S/C6H9O/c1-3-4-6(2)5-7/h3-4,6H,1-2H3. The Balaban J connectivity index is 3.35. The fraction of sp³-hybridized carbons (Fsp3) is 0.500. The first-order valence-electron chi connectivity index (χ1n) is 2.31. The summed E-state index contributed by atoms with van der Waals surface area (Å²) >= 11 is 0. The molecule has 0 rings (SSSR count). The molecular formula is C6H9O. The van der Waals surface area contributed by atoms with E-state index in [2.05, 4.69) is 0 Å². The van der Waals surface area contributed by atoms with E-state index < -0.39 is 0 Å². The molecule has 0 N–H and O–H groups in total. The van der Waals surface area contributed by atoms with Crippen molar-refractivity contribution in [2.45, 2.75) is 13.8 Å². The highest BCUT2D eigenvalue weighted by Gasteiger charge is 1.88. The second-order valence-corrected chi connectivity index (χ2v) is 1.43. The highest BCUT2D eigenvalue weighted by atomic mass is 16.1. The van der Waals surface area contributed by atoms with Gasteiger partial charge in [0.2, 0.25) is 6.29 Å². The number of hydrogen-bond donors (Lipinski definition) is 0. The van der Waals surface area contributed by atoms with Gasteiger partial charge in [-0.15, -0.1) is 0 Å². The molecule has 0 saturated carbocycles. The van der Waals surface area contributed by atoms with Crippen LogP contribution in [0.3, 0.4) is 0 Å². The van der Waals surface area contributed by atoms with Crippen LogP contribution >= 0.6 is 0 Å². The lowest BCUT2D eigenvalue weighted by molar-refractivity contribution is 0.543. The summed E-state index contributed by atoms with van der Waals surface area (Å²) < 4.78 is 0. The molecule has 0 saturated heterocycles. The van der Waals surface area contributed by atoms with E-state index in [0.29, 0.717) is 0 Å². The first-order chi connectivity index (χ1) is 3.31. The zero-order valence-electron chi connectivity index (χ0n) is 4.64. The summed E-state index contributed by atoms with van der Waals surface area (Å²) in [4.78, 5) is 9.72. The van der Waals surface area contributed by atoms with E-state index >= 15 is 0 Å². The number of allylic oxidation sites excluding steroid dienone is 2. The normalized spacial score (nSPS) is 14.6. The number of hydrogen-bond acceptors (Lipinski definition) is 1. The van der Waals surface area contributed by atoms with Gasteiger partial charge in [-0.3, -0.25) is 4.79 Å². The van der Waals surface area contributed by atoms with Crippen LogP contribution in [0.5, 0.6) is 0 Å². The van der Waals surface area contributed by atoms with Gasteiger partial charge in [0.05, 0.1) is 0 Å². The maximum absolute atomic E-state index is 9.72. The summed E-state index contributed by atoms with van der Waals surface area (Å²) in [6.45, 7) is 3.68. The fourth-order valence-corrected chi connectivity index (χ4v) is 0.328. The smallest absolute Gasteiger partial charge is 0.205 e. The van der Waals surface area contributed by atoms with Gasteiger partial charge >= 0.3 is 0 Å². The molecule has 1 atom stereocenters. The monoisotopic (exact) mass is 97.1 g/mol. The topological polar surface area (TPSA) is 17.1 Å². The Kier molecular flexibility index (Phi) is 3.29. The summed E-state index contributed by atoms with van der Waals surface area (Å²) in [5.41, 5.74) is 0. The molecular weight excluding hydrogens is 88.1 g/mol. The molecule has 39 valence electrons. The Morgan fingerprint density at radius 2 is 2.29 bits per heavy atom. The second kappa shape index (κ2) is 3.59. The first-order valence-corrected chi connectivity index (χ1v) is 2.31. The molecule has 0 fully saturated rings. The third-order valence-corrected chi connectivity index (χ3v) is 0.667. The molecule has 0 aliphatic rings. The number of rotatable bonds is 2. The summed E-state index contributed by atoms with van der Waals surface area (Å²) in [7, 11) is 0. The predicted molar refractivity (Wildman–Crippen MR) is 29.7 cm³/mol. The van der Waals surface area contributed by atoms with Gasteiger partial charge in [0.15, 0.2) is 0 Å². The average Bonchev–Trinajstić information content (AvgIpc) is 1.68. The molecule has 0 aliphatic heterocycles. The van der Waals surface area contributed by atoms with E-state index in [1.807, 2.05) is 19.3 Å². The fourth-order valence-electron chi connectivity index (χ4n) is 0.328. The molecule has 0 heterocycles. The van der Waals surface area contributed by atoms with Crippen LogP contribution in [0.1, 0.15) is 13.8 Å². The van der Waals surface area contributed by atoms with Crippen molar-refractivity contribution in [1.29, 1.82) is 0 Å². The lowest BCUT2D eigenvalue weighted by Crippen LogP contribution is -1.86. The highest BCUT2D eigenvalue weighted by molar-refractivity contribution is 5.56. The van der Waals surface area contributed by atoms with Gasteiger partial charge < -0.3 is 0 Å². The summed E-state index contributed by atoms with van der Waals surface area (Å²) in [6.07, 6.45) is 5.47. The molecule has 7 heavy (non-hydrogen) atoms. The summed E-state index contributed by atoms with van der Waals surface area (Å²) in [5.74, 6) is -0.0370. The predicted octanol–water partition coefficient (Wildman–Crippen LogP) is 1.31. The van der Waals surface area contributed by atoms with Gasteiger partial charge in [-0.2, -0.15) is 0 Å². The largest absolute Gasteiger partial charge is 0.290 e. The molecule has 0 aromatic rings. The van der Waals surface area contributed by atoms with Gasteiger partial charge in [-0.05, 0) is 6.92 Å². The van der Waals surface area contributed by atoms with Crippen LogP contribution < -0.4 is 0 Å². The van der Waals surface area contributed by atoms with Gasteiger partial charge in [-0.1, -0.05) is 19.1 Å². The minimum Gasteiger partial charge on any atom is -0.290 e. The molecule has 1 heteroatoms. The van der Waals surface area contributed by atoms with E-state index in [1.54, 1.807) is 13.0 Å². The third-order valence-electron chi connectivity index (χ3n) is 0.667. The summed E-state index contributed by atoms with van der Waals surface area (Å²) in [5, 5.41) is 0. The Labute approximate surface area is 44.0 Å². The van der Waals surface area contributed by atoms with Crippen LogP contribution in [-0.4, -0.2) is 6.29 Å². The van der Waals surface area contributed by atoms with Gasteiger partial charge in [0.25, 0.3) is 0 Å². The van der Waals surface area contributed by atoms with E-state index in [4.69, 9.17) is 0 Å². The molecule has 0 aromatic carbocycles. The van der Waals surface area contributed by atoms with Gasteiger partial charge in [0.1, 0.15) is 0 Å². The van der Waals surface area contributed by atoms with Crippen molar-refractivity contribution in [3.8, 4) is 0 Å². The van der Waals surface area contributed by atoms with Crippen molar-refractivity contribution in [3.63, 3.8) is 0 Å². The molecule has 0 aliphatic carbocycles. The lowest BCUT2D eigenvalue weighted by atomic mass is 10.2. The minimum absolute atomic E-state index is 0.0370. The number of carbonyl (C=O) groups excluding carboxylic acids is 1. The second-order valence-electron chi connectivity index (χ2n) is 1.43. The van der Waals surface area contributed by atoms with Crippen molar-refractivity contribution < 1.29 is 4.79 Å². The Bertz CT molecular complexity index is 74.2. The van der Waals surface area contributed by atoms with Crippen molar-refractivity contribution in [2.75, 3.05) is 0 Å². The zero-order valence-corrected chi connectivity index (χ0v) is 4.64. The van der Waals surface area contributed by atoms with Crippen molar-refractivity contribution in [2.24, 2.45) is 5.92 Å². The molecule has 0 bridgehead atoms. The average molecular weight is 97.1 g/mol. The van der Waals surface area contributed by atoms with E-state index in [9.17, 15) is 4.79 Å².